The highest BCUT2D eigenvalue weighted by Crippen LogP contribution is 2.28. The van der Waals surface area contributed by atoms with Crippen LogP contribution in [0.4, 0.5) is 0 Å². The van der Waals surface area contributed by atoms with Crippen LogP contribution in [0.5, 0.6) is 5.75 Å². The van der Waals surface area contributed by atoms with Gasteiger partial charge < -0.3 is 9.47 Å². The average molecular weight is 336 g/mol. The van der Waals surface area contributed by atoms with Gasteiger partial charge >= 0.3 is 5.97 Å². The first-order valence-electron chi connectivity index (χ1n) is 6.36. The van der Waals surface area contributed by atoms with Crippen LogP contribution in [-0.2, 0) is 19.6 Å². The lowest BCUT2D eigenvalue weighted by molar-refractivity contribution is -0.142. The Morgan fingerprint density at radius 3 is 2.38 bits per heavy atom. The third-order valence-electron chi connectivity index (χ3n) is 2.82. The zero-order valence-electron chi connectivity index (χ0n) is 12.1. The van der Waals surface area contributed by atoms with E-state index in [0.29, 0.717) is 13.1 Å². The molecule has 0 amide bonds. The lowest BCUT2D eigenvalue weighted by atomic mass is 10.3. The van der Waals surface area contributed by atoms with E-state index in [-0.39, 0.29) is 22.3 Å². The molecule has 0 N–H and O–H groups in total. The van der Waals surface area contributed by atoms with Gasteiger partial charge in [-0.05, 0) is 18.2 Å². The average Bonchev–Trinajstić information content (AvgIpc) is 2.46. The number of rotatable bonds is 7. The van der Waals surface area contributed by atoms with E-state index in [4.69, 9.17) is 16.3 Å². The summed E-state index contributed by atoms with van der Waals surface area (Å²) < 4.78 is 35.6. The minimum atomic E-state index is -3.57. The number of sulfonamides is 1. The third-order valence-corrected chi connectivity index (χ3v) is 5.16. The molecule has 0 spiro atoms. The topological polar surface area (TPSA) is 72.9 Å². The lowest BCUT2D eigenvalue weighted by Gasteiger charge is -2.19. The van der Waals surface area contributed by atoms with Crippen LogP contribution in [0, 0.1) is 0 Å². The van der Waals surface area contributed by atoms with E-state index < -0.39 is 16.0 Å². The molecule has 0 atom stereocenters. The molecule has 0 aliphatic rings. The maximum Gasteiger partial charge on any atom is 0.343 e. The molecule has 0 radical (unpaired) electrons. The molecular formula is C13H18ClNO5S. The van der Waals surface area contributed by atoms with Gasteiger partial charge in [-0.1, -0.05) is 25.4 Å². The van der Waals surface area contributed by atoms with Gasteiger partial charge in [0, 0.05) is 13.1 Å². The Balaban J connectivity index is 2.99. The third kappa shape index (κ3) is 4.33. The fourth-order valence-corrected chi connectivity index (χ4v) is 3.45. The van der Waals surface area contributed by atoms with E-state index in [1.807, 2.05) is 0 Å². The molecule has 1 aromatic carbocycles. The normalized spacial score (nSPS) is 11.5. The highest BCUT2D eigenvalue weighted by Gasteiger charge is 2.22. The van der Waals surface area contributed by atoms with Crippen molar-refractivity contribution in [3.63, 3.8) is 0 Å². The largest absolute Gasteiger partial charge is 0.480 e. The van der Waals surface area contributed by atoms with Gasteiger partial charge in [0.1, 0.15) is 5.75 Å². The Hall–Kier alpha value is -1.31. The van der Waals surface area contributed by atoms with Gasteiger partial charge in [-0.25, -0.2) is 13.2 Å². The maximum atomic E-state index is 12.3. The number of carbonyl (C=O) groups excluding carboxylic acids is 1. The second kappa shape index (κ2) is 7.63. The summed E-state index contributed by atoms with van der Waals surface area (Å²) in [4.78, 5) is 11.1. The van der Waals surface area contributed by atoms with E-state index in [1.165, 1.54) is 29.6 Å². The summed E-state index contributed by atoms with van der Waals surface area (Å²) in [5, 5.41) is 0.118. The molecule has 0 unspecified atom stereocenters. The SMILES string of the molecule is CCN(CC)S(=O)(=O)c1ccc(OCC(=O)OC)c(Cl)c1. The fraction of sp³-hybridized carbons (Fsp3) is 0.462. The summed E-state index contributed by atoms with van der Waals surface area (Å²) in [5.41, 5.74) is 0. The molecule has 0 bridgehead atoms. The number of halogens is 1. The lowest BCUT2D eigenvalue weighted by Crippen LogP contribution is -2.30. The number of hydrogen-bond donors (Lipinski definition) is 0. The Bertz CT molecular complexity index is 599. The van der Waals surface area contributed by atoms with Crippen molar-refractivity contribution in [3.05, 3.63) is 23.2 Å². The van der Waals surface area contributed by atoms with Crippen LogP contribution in [0.25, 0.3) is 0 Å². The molecule has 0 aliphatic heterocycles. The molecule has 0 aromatic heterocycles. The van der Waals surface area contributed by atoms with Crippen LogP contribution in [0.3, 0.4) is 0 Å². The van der Waals surface area contributed by atoms with Gasteiger partial charge in [-0.15, -0.1) is 0 Å². The second-order valence-electron chi connectivity index (χ2n) is 4.05. The molecule has 0 aliphatic carbocycles. The van der Waals surface area contributed by atoms with E-state index in [9.17, 15) is 13.2 Å². The van der Waals surface area contributed by atoms with Crippen LogP contribution < -0.4 is 4.74 Å². The Morgan fingerprint density at radius 1 is 1.29 bits per heavy atom. The van der Waals surface area contributed by atoms with E-state index in [1.54, 1.807) is 13.8 Å². The van der Waals surface area contributed by atoms with Gasteiger partial charge in [0.2, 0.25) is 10.0 Å². The van der Waals surface area contributed by atoms with Gasteiger partial charge in [-0.2, -0.15) is 4.31 Å². The summed E-state index contributed by atoms with van der Waals surface area (Å²) in [6.07, 6.45) is 0. The van der Waals surface area contributed by atoms with Crippen LogP contribution in [0.15, 0.2) is 23.1 Å². The number of esters is 1. The highest BCUT2D eigenvalue weighted by atomic mass is 35.5. The first kappa shape index (κ1) is 17.7. The highest BCUT2D eigenvalue weighted by molar-refractivity contribution is 7.89. The monoisotopic (exact) mass is 335 g/mol. The summed E-state index contributed by atoms with van der Waals surface area (Å²) in [5.74, 6) is -0.327. The predicted molar refractivity (Wildman–Crippen MR) is 79.1 cm³/mol. The van der Waals surface area contributed by atoms with Crippen LogP contribution in [0.2, 0.25) is 5.02 Å². The summed E-state index contributed by atoms with van der Waals surface area (Å²) in [6.45, 7) is 3.97. The van der Waals surface area contributed by atoms with Crippen molar-refractivity contribution in [1.29, 1.82) is 0 Å². The van der Waals surface area contributed by atoms with Crippen molar-refractivity contribution in [1.82, 2.24) is 4.31 Å². The van der Waals surface area contributed by atoms with E-state index >= 15 is 0 Å². The molecule has 0 fully saturated rings. The van der Waals surface area contributed by atoms with E-state index in [2.05, 4.69) is 4.74 Å². The Morgan fingerprint density at radius 2 is 1.90 bits per heavy atom. The molecular weight excluding hydrogens is 318 g/mol. The van der Waals surface area contributed by atoms with Crippen LogP contribution >= 0.6 is 11.6 Å². The quantitative estimate of drug-likeness (QED) is 0.712. The van der Waals surface area contributed by atoms with Gasteiger partial charge in [0.25, 0.3) is 0 Å². The Kier molecular flexibility index (Phi) is 6.44. The first-order valence-corrected chi connectivity index (χ1v) is 8.17. The van der Waals surface area contributed by atoms with Crippen molar-refractivity contribution in [3.8, 4) is 5.75 Å². The number of benzene rings is 1. The van der Waals surface area contributed by atoms with Crippen molar-refractivity contribution in [2.24, 2.45) is 0 Å². The van der Waals surface area contributed by atoms with Crippen molar-refractivity contribution in [2.75, 3.05) is 26.8 Å². The van der Waals surface area contributed by atoms with Crippen LogP contribution in [-0.4, -0.2) is 45.5 Å². The first-order chi connectivity index (χ1) is 9.86. The number of carbonyl (C=O) groups is 1. The van der Waals surface area contributed by atoms with Crippen LogP contribution in [0.1, 0.15) is 13.8 Å². The van der Waals surface area contributed by atoms with Gasteiger partial charge in [-0.3, -0.25) is 0 Å². The summed E-state index contributed by atoms with van der Waals surface area (Å²) in [6, 6.07) is 4.12. The minimum Gasteiger partial charge on any atom is -0.480 e. The zero-order chi connectivity index (χ0) is 16.0. The number of ether oxygens (including phenoxy) is 2. The zero-order valence-corrected chi connectivity index (χ0v) is 13.7. The number of hydrogen-bond acceptors (Lipinski definition) is 5. The van der Waals surface area contributed by atoms with Gasteiger partial charge in [0.05, 0.1) is 17.0 Å². The predicted octanol–water partition coefficient (Wildman–Crippen LogP) is 1.92. The molecule has 6 nitrogen and oxygen atoms in total. The summed E-state index contributed by atoms with van der Waals surface area (Å²) >= 11 is 5.99. The maximum absolute atomic E-state index is 12.3. The smallest absolute Gasteiger partial charge is 0.343 e. The molecule has 0 saturated carbocycles. The Labute approximate surface area is 129 Å². The van der Waals surface area contributed by atoms with Gasteiger partial charge in [0.15, 0.2) is 6.61 Å². The molecule has 0 heterocycles. The second-order valence-corrected chi connectivity index (χ2v) is 6.39. The fourth-order valence-electron chi connectivity index (χ4n) is 1.67. The van der Waals surface area contributed by atoms with E-state index in [0.717, 1.165) is 0 Å². The minimum absolute atomic E-state index is 0.0848. The molecule has 118 valence electrons. The summed E-state index contributed by atoms with van der Waals surface area (Å²) in [7, 11) is -2.33. The standard InChI is InChI=1S/C13H18ClNO5S/c1-4-15(5-2)21(17,18)10-6-7-12(11(14)8-10)20-9-13(16)19-3/h6-8H,4-5,9H2,1-3H3. The molecule has 1 rings (SSSR count). The molecule has 8 heteroatoms. The molecule has 1 aromatic rings. The van der Waals surface area contributed by atoms with Crippen molar-refractivity contribution in [2.45, 2.75) is 18.7 Å². The van der Waals surface area contributed by atoms with Crippen molar-refractivity contribution < 1.29 is 22.7 Å². The molecule has 21 heavy (non-hydrogen) atoms. The number of nitrogens with zero attached hydrogens (tertiary/aromatic N) is 1. The van der Waals surface area contributed by atoms with Crippen molar-refractivity contribution >= 4 is 27.6 Å². The molecule has 0 saturated heterocycles. The number of methoxy groups -OCH3 is 1.